The molecule has 158 valence electrons. The van der Waals surface area contributed by atoms with Crippen molar-refractivity contribution in [3.63, 3.8) is 0 Å². The van der Waals surface area contributed by atoms with Crippen molar-refractivity contribution in [3.05, 3.63) is 28.3 Å². The number of carbonyl (C=O) groups excluding carboxylic acids is 1. The maximum absolute atomic E-state index is 13.2. The van der Waals surface area contributed by atoms with Crippen molar-refractivity contribution in [2.75, 3.05) is 5.32 Å². The Bertz CT molecular complexity index is 683. The predicted octanol–water partition coefficient (Wildman–Crippen LogP) is 6.48. The third kappa shape index (κ3) is 6.33. The first kappa shape index (κ1) is 24.1. The van der Waals surface area contributed by atoms with E-state index in [1.54, 1.807) is 0 Å². The van der Waals surface area contributed by atoms with E-state index in [2.05, 4.69) is 46.1 Å². The molecule has 1 aromatic rings. The highest BCUT2D eigenvalue weighted by Crippen LogP contribution is 2.46. The number of amides is 1. The average Bonchev–Trinajstić information content (AvgIpc) is 2.58. The zero-order valence-electron chi connectivity index (χ0n) is 18.2. The molecule has 0 aliphatic heterocycles. The van der Waals surface area contributed by atoms with Crippen LogP contribution in [0.5, 0.6) is 5.75 Å². The largest absolute Gasteiger partial charge is 0.506 e. The van der Waals surface area contributed by atoms with E-state index in [4.69, 9.17) is 0 Å². The highest BCUT2D eigenvalue weighted by atomic mass is 28.3. The molecule has 0 fully saturated rings. The van der Waals surface area contributed by atoms with Gasteiger partial charge in [0.25, 0.3) is 5.69 Å². The molecule has 1 rings (SSSR count). The lowest BCUT2D eigenvalue weighted by molar-refractivity contribution is -0.384. The molecule has 0 aliphatic rings. The first-order valence-electron chi connectivity index (χ1n) is 10.2. The normalized spacial score (nSPS) is 13.2. The van der Waals surface area contributed by atoms with Gasteiger partial charge >= 0.3 is 0 Å². The summed E-state index contributed by atoms with van der Waals surface area (Å²) >= 11 is 0. The fraction of sp³-hybridized carbons (Fsp3) is 0.667. The van der Waals surface area contributed by atoms with Crippen molar-refractivity contribution in [1.29, 1.82) is 0 Å². The Kier molecular flexibility index (Phi) is 8.66. The fourth-order valence-electron chi connectivity index (χ4n) is 3.25. The third-order valence-corrected chi connectivity index (χ3v) is 12.3. The van der Waals surface area contributed by atoms with Crippen LogP contribution in [0.4, 0.5) is 11.4 Å². The summed E-state index contributed by atoms with van der Waals surface area (Å²) in [5.74, 6) is -0.297. The Morgan fingerprint density at radius 2 is 1.82 bits per heavy atom. The summed E-state index contributed by atoms with van der Waals surface area (Å²) in [6.07, 6.45) is 6.46. The van der Waals surface area contributed by atoms with Crippen LogP contribution in [0.1, 0.15) is 66.2 Å². The summed E-state index contributed by atoms with van der Waals surface area (Å²) in [6, 6.07) is 3.70. The lowest BCUT2D eigenvalue weighted by Gasteiger charge is -2.42. The SMILES string of the molecule is CCCCCCCC(C(=O)Nc1cc([N+](=O)[O-])ccc1O)[Si](C)(C)C(C)(C)C. The highest BCUT2D eigenvalue weighted by molar-refractivity contribution is 6.84. The zero-order valence-corrected chi connectivity index (χ0v) is 19.2. The number of aromatic hydroxyl groups is 1. The summed E-state index contributed by atoms with van der Waals surface area (Å²) in [5.41, 5.74) is -0.182. The van der Waals surface area contributed by atoms with E-state index in [-0.39, 0.29) is 33.6 Å². The van der Waals surface area contributed by atoms with Gasteiger partial charge in [0.1, 0.15) is 5.75 Å². The second-order valence-electron chi connectivity index (χ2n) is 9.17. The number of carbonyl (C=O) groups is 1. The first-order chi connectivity index (χ1) is 12.9. The van der Waals surface area contributed by atoms with Crippen LogP contribution in [0.3, 0.4) is 0 Å². The third-order valence-electron chi connectivity index (χ3n) is 6.17. The van der Waals surface area contributed by atoms with Crippen molar-refractivity contribution < 1.29 is 14.8 Å². The highest BCUT2D eigenvalue weighted by Gasteiger charge is 2.45. The number of nitrogens with one attached hydrogen (secondary N) is 1. The van der Waals surface area contributed by atoms with Crippen molar-refractivity contribution in [2.45, 2.75) is 89.9 Å². The minimum Gasteiger partial charge on any atom is -0.506 e. The molecule has 7 heteroatoms. The number of hydrogen-bond acceptors (Lipinski definition) is 4. The monoisotopic (exact) mass is 408 g/mol. The Labute approximate surface area is 169 Å². The molecule has 0 heterocycles. The quantitative estimate of drug-likeness (QED) is 0.152. The van der Waals surface area contributed by atoms with Crippen LogP contribution in [0, 0.1) is 10.1 Å². The molecule has 0 radical (unpaired) electrons. The molecule has 28 heavy (non-hydrogen) atoms. The first-order valence-corrected chi connectivity index (χ1v) is 13.3. The molecule has 0 saturated carbocycles. The Morgan fingerprint density at radius 3 is 2.36 bits per heavy atom. The van der Waals surface area contributed by atoms with Crippen LogP contribution in [0.2, 0.25) is 23.7 Å². The van der Waals surface area contributed by atoms with E-state index >= 15 is 0 Å². The van der Waals surface area contributed by atoms with Gasteiger partial charge in [-0.3, -0.25) is 14.9 Å². The fourth-order valence-corrected chi connectivity index (χ4v) is 5.95. The van der Waals surface area contributed by atoms with Crippen molar-refractivity contribution >= 4 is 25.4 Å². The maximum atomic E-state index is 13.2. The Hall–Kier alpha value is -1.89. The number of phenolic OH excluding ortho intramolecular Hbond substituents is 1. The number of nitrogens with zero attached hydrogens (tertiary/aromatic N) is 1. The van der Waals surface area contributed by atoms with Crippen LogP contribution >= 0.6 is 0 Å². The molecule has 1 amide bonds. The standard InChI is InChI=1S/C21H36N2O4Si/c1-7-8-9-10-11-12-19(28(5,6)21(2,3)4)20(25)22-17-15-16(23(26)27)13-14-18(17)24/h13-15,19,24H,7-12H2,1-6H3,(H,22,25). The molecule has 1 atom stereocenters. The summed E-state index contributed by atoms with van der Waals surface area (Å²) in [4.78, 5) is 23.7. The summed E-state index contributed by atoms with van der Waals surface area (Å²) < 4.78 is 0. The molecule has 6 nitrogen and oxygen atoms in total. The number of unbranched alkanes of at least 4 members (excludes halogenated alkanes) is 4. The van der Waals surface area contributed by atoms with Gasteiger partial charge in [-0.1, -0.05) is 72.9 Å². The minimum absolute atomic E-state index is 0.0309. The van der Waals surface area contributed by atoms with E-state index in [9.17, 15) is 20.0 Å². The molecular formula is C21H36N2O4Si. The number of anilines is 1. The number of phenols is 1. The van der Waals surface area contributed by atoms with Gasteiger partial charge in [0, 0.05) is 17.7 Å². The second-order valence-corrected chi connectivity index (χ2v) is 14.8. The van der Waals surface area contributed by atoms with Crippen LogP contribution < -0.4 is 5.32 Å². The van der Waals surface area contributed by atoms with Crippen LogP contribution in [0.25, 0.3) is 0 Å². The number of hydrogen-bond donors (Lipinski definition) is 2. The molecule has 0 spiro atoms. The number of benzene rings is 1. The molecule has 0 saturated heterocycles. The van der Waals surface area contributed by atoms with Gasteiger partial charge < -0.3 is 10.4 Å². The lowest BCUT2D eigenvalue weighted by atomic mass is 10.1. The number of non-ortho nitro benzene ring substituents is 1. The molecule has 2 N–H and O–H groups in total. The van der Waals surface area contributed by atoms with E-state index in [1.807, 2.05) is 0 Å². The van der Waals surface area contributed by atoms with Gasteiger partial charge in [0.05, 0.1) is 18.7 Å². The molecule has 1 aromatic carbocycles. The molecule has 0 aromatic heterocycles. The molecule has 0 bridgehead atoms. The smallest absolute Gasteiger partial charge is 0.271 e. The number of nitro groups is 1. The summed E-state index contributed by atoms with van der Waals surface area (Å²) in [6.45, 7) is 13.2. The lowest BCUT2D eigenvalue weighted by Crippen LogP contribution is -2.47. The number of nitro benzene ring substituents is 1. The summed E-state index contributed by atoms with van der Waals surface area (Å²) in [5, 5.41) is 23.9. The van der Waals surface area contributed by atoms with Crippen molar-refractivity contribution in [2.24, 2.45) is 0 Å². The number of rotatable bonds is 10. The topological polar surface area (TPSA) is 92.5 Å². The molecule has 0 aliphatic carbocycles. The van der Waals surface area contributed by atoms with Crippen molar-refractivity contribution in [3.8, 4) is 5.75 Å². The zero-order chi connectivity index (χ0) is 21.5. The average molecular weight is 409 g/mol. The van der Waals surface area contributed by atoms with Gasteiger partial charge in [-0.25, -0.2) is 0 Å². The van der Waals surface area contributed by atoms with Crippen LogP contribution in [-0.2, 0) is 4.79 Å². The Morgan fingerprint density at radius 1 is 1.21 bits per heavy atom. The van der Waals surface area contributed by atoms with Gasteiger partial charge in [-0.05, 0) is 17.5 Å². The predicted molar refractivity (Wildman–Crippen MR) is 118 cm³/mol. The minimum atomic E-state index is -2.00. The van der Waals surface area contributed by atoms with Crippen molar-refractivity contribution in [1.82, 2.24) is 0 Å². The van der Waals surface area contributed by atoms with E-state index in [0.717, 1.165) is 19.3 Å². The van der Waals surface area contributed by atoms with Gasteiger partial charge in [0.15, 0.2) is 0 Å². The van der Waals surface area contributed by atoms with Gasteiger partial charge in [-0.15, -0.1) is 0 Å². The summed E-state index contributed by atoms with van der Waals surface area (Å²) in [7, 11) is -2.00. The van der Waals surface area contributed by atoms with E-state index < -0.39 is 13.0 Å². The van der Waals surface area contributed by atoms with Gasteiger partial charge in [-0.2, -0.15) is 0 Å². The molecule has 1 unspecified atom stereocenters. The second kappa shape index (κ2) is 10.0. The van der Waals surface area contributed by atoms with E-state index in [0.29, 0.717) is 0 Å². The van der Waals surface area contributed by atoms with E-state index in [1.165, 1.54) is 37.5 Å². The Balaban J connectivity index is 3.04. The van der Waals surface area contributed by atoms with Crippen LogP contribution in [-0.4, -0.2) is 24.0 Å². The maximum Gasteiger partial charge on any atom is 0.271 e. The van der Waals surface area contributed by atoms with Crippen LogP contribution in [0.15, 0.2) is 18.2 Å². The molecular weight excluding hydrogens is 372 g/mol. The van der Waals surface area contributed by atoms with Gasteiger partial charge in [0.2, 0.25) is 5.91 Å².